The van der Waals surface area contributed by atoms with Crippen molar-refractivity contribution < 1.29 is 19.4 Å². The molecule has 4 rings (SSSR count). The highest BCUT2D eigenvalue weighted by molar-refractivity contribution is 7.10. The van der Waals surface area contributed by atoms with Crippen molar-refractivity contribution in [1.82, 2.24) is 0 Å². The van der Waals surface area contributed by atoms with Crippen molar-refractivity contribution in [2.24, 2.45) is 0 Å². The number of carbonyl (C=O) groups is 2. The lowest BCUT2D eigenvalue weighted by Crippen LogP contribution is -2.29. The Morgan fingerprint density at radius 2 is 1.87 bits per heavy atom. The van der Waals surface area contributed by atoms with Gasteiger partial charge in [0.25, 0.3) is 11.7 Å². The lowest BCUT2D eigenvalue weighted by atomic mass is 9.99. The molecule has 30 heavy (non-hydrogen) atoms. The third kappa shape index (κ3) is 3.38. The van der Waals surface area contributed by atoms with Crippen LogP contribution in [0.3, 0.4) is 0 Å². The molecule has 2 aromatic carbocycles. The lowest BCUT2D eigenvalue weighted by molar-refractivity contribution is -0.132. The van der Waals surface area contributed by atoms with Crippen LogP contribution in [-0.2, 0) is 9.59 Å². The van der Waals surface area contributed by atoms with Gasteiger partial charge in [-0.15, -0.1) is 11.3 Å². The number of ketones is 1. The summed E-state index contributed by atoms with van der Waals surface area (Å²) < 4.78 is 5.15. The monoisotopic (exact) mass is 439 g/mol. The van der Waals surface area contributed by atoms with Crippen LogP contribution in [0, 0.1) is 6.92 Å². The highest BCUT2D eigenvalue weighted by Gasteiger charge is 2.47. The normalized spacial score (nSPS) is 18.1. The second-order valence-corrected chi connectivity index (χ2v) is 8.26. The smallest absolute Gasteiger partial charge is 0.300 e. The molecule has 3 aromatic rings. The Hall–Kier alpha value is -3.09. The van der Waals surface area contributed by atoms with Crippen LogP contribution in [0.15, 0.2) is 65.6 Å². The number of aryl methyl sites for hydroxylation is 1. The first-order valence-corrected chi connectivity index (χ1v) is 10.4. The highest BCUT2D eigenvalue weighted by atomic mass is 35.5. The molecule has 1 saturated heterocycles. The van der Waals surface area contributed by atoms with Crippen molar-refractivity contribution in [3.63, 3.8) is 0 Å². The van der Waals surface area contributed by atoms with Gasteiger partial charge in [-0.25, -0.2) is 0 Å². The number of ether oxygens (including phenoxy) is 1. The van der Waals surface area contributed by atoms with Gasteiger partial charge in [-0.2, -0.15) is 0 Å². The predicted octanol–water partition coefficient (Wildman–Crippen LogP) is 5.34. The molecule has 0 spiro atoms. The van der Waals surface area contributed by atoms with Crippen molar-refractivity contribution in [2.75, 3.05) is 12.0 Å². The van der Waals surface area contributed by atoms with Gasteiger partial charge >= 0.3 is 0 Å². The Kier molecular flexibility index (Phi) is 5.37. The van der Waals surface area contributed by atoms with E-state index < -0.39 is 17.7 Å². The molecule has 1 N–H and O–H groups in total. The van der Waals surface area contributed by atoms with E-state index in [1.165, 1.54) is 16.2 Å². The summed E-state index contributed by atoms with van der Waals surface area (Å²) in [6.45, 7) is 1.85. The minimum Gasteiger partial charge on any atom is -0.507 e. The zero-order valence-corrected chi connectivity index (χ0v) is 17.8. The number of aliphatic hydroxyl groups is 1. The summed E-state index contributed by atoms with van der Waals surface area (Å²) in [5.41, 5.74) is 1.81. The van der Waals surface area contributed by atoms with E-state index >= 15 is 0 Å². The Bertz CT molecular complexity index is 1150. The number of hydrogen-bond acceptors (Lipinski definition) is 5. The number of rotatable bonds is 4. The summed E-state index contributed by atoms with van der Waals surface area (Å²) in [7, 11) is 1.55. The van der Waals surface area contributed by atoms with E-state index in [0.29, 0.717) is 22.0 Å². The van der Waals surface area contributed by atoms with Crippen LogP contribution in [0.1, 0.15) is 22.0 Å². The van der Waals surface area contributed by atoms with E-state index in [1.54, 1.807) is 49.6 Å². The van der Waals surface area contributed by atoms with Gasteiger partial charge in [-0.3, -0.25) is 14.5 Å². The van der Waals surface area contributed by atoms with E-state index in [2.05, 4.69) is 0 Å². The highest BCUT2D eigenvalue weighted by Crippen LogP contribution is 2.44. The Balaban J connectivity index is 1.92. The topological polar surface area (TPSA) is 66.8 Å². The van der Waals surface area contributed by atoms with Crippen molar-refractivity contribution in [3.8, 4) is 5.75 Å². The Morgan fingerprint density at radius 1 is 1.13 bits per heavy atom. The van der Waals surface area contributed by atoms with Crippen LogP contribution in [0.4, 0.5) is 5.69 Å². The first-order chi connectivity index (χ1) is 14.4. The van der Waals surface area contributed by atoms with E-state index in [4.69, 9.17) is 16.3 Å². The van der Waals surface area contributed by atoms with E-state index in [-0.39, 0.29) is 11.3 Å². The number of aliphatic hydroxyl groups excluding tert-OH is 1. The van der Waals surface area contributed by atoms with Gasteiger partial charge in [-0.1, -0.05) is 23.7 Å². The molecule has 1 amide bonds. The number of carbonyl (C=O) groups excluding carboxylic acids is 2. The van der Waals surface area contributed by atoms with Crippen molar-refractivity contribution in [2.45, 2.75) is 13.0 Å². The number of anilines is 1. The van der Waals surface area contributed by atoms with Gasteiger partial charge in [0, 0.05) is 21.2 Å². The van der Waals surface area contributed by atoms with Crippen LogP contribution in [0.2, 0.25) is 5.02 Å². The fourth-order valence-electron chi connectivity index (χ4n) is 3.54. The molecule has 1 fully saturated rings. The Morgan fingerprint density at radius 3 is 2.50 bits per heavy atom. The van der Waals surface area contributed by atoms with E-state index in [1.807, 2.05) is 24.4 Å². The summed E-state index contributed by atoms with van der Waals surface area (Å²) in [6.07, 6.45) is 0. The second-order valence-electron chi connectivity index (χ2n) is 6.84. The number of amides is 1. The van der Waals surface area contributed by atoms with Gasteiger partial charge in [0.1, 0.15) is 17.6 Å². The van der Waals surface area contributed by atoms with Gasteiger partial charge in [-0.05, 0) is 60.3 Å². The first kappa shape index (κ1) is 20.2. The first-order valence-electron chi connectivity index (χ1n) is 9.17. The van der Waals surface area contributed by atoms with Crippen LogP contribution in [-0.4, -0.2) is 23.9 Å². The van der Waals surface area contributed by atoms with Gasteiger partial charge in [0.2, 0.25) is 0 Å². The number of hydrogen-bond donors (Lipinski definition) is 1. The molecule has 152 valence electrons. The number of methoxy groups -OCH3 is 1. The molecule has 7 heteroatoms. The van der Waals surface area contributed by atoms with Crippen LogP contribution in [0.5, 0.6) is 5.75 Å². The summed E-state index contributed by atoms with van der Waals surface area (Å²) in [6, 6.07) is 14.8. The molecule has 1 aliphatic rings. The summed E-state index contributed by atoms with van der Waals surface area (Å²) in [5, 5.41) is 13.4. The fourth-order valence-corrected chi connectivity index (χ4v) is 4.53. The molecule has 0 aliphatic carbocycles. The minimum absolute atomic E-state index is 0.0481. The maximum Gasteiger partial charge on any atom is 0.300 e. The molecule has 0 radical (unpaired) electrons. The SMILES string of the molecule is COc1ccc(/C(O)=C2/C(=O)C(=O)N(c3cc(Cl)ccc3C)C2c2cccs2)cc1. The number of benzene rings is 2. The third-order valence-electron chi connectivity index (χ3n) is 5.05. The molecule has 1 unspecified atom stereocenters. The van der Waals surface area contributed by atoms with Crippen LogP contribution in [0.25, 0.3) is 5.76 Å². The van der Waals surface area contributed by atoms with Crippen LogP contribution < -0.4 is 9.64 Å². The molecule has 0 saturated carbocycles. The maximum absolute atomic E-state index is 13.1. The van der Waals surface area contributed by atoms with Gasteiger partial charge in [0.05, 0.1) is 12.7 Å². The third-order valence-corrected chi connectivity index (χ3v) is 6.21. The van der Waals surface area contributed by atoms with Crippen molar-refractivity contribution in [1.29, 1.82) is 0 Å². The summed E-state index contributed by atoms with van der Waals surface area (Å²) in [4.78, 5) is 28.3. The average molecular weight is 440 g/mol. The van der Waals surface area contributed by atoms with E-state index in [0.717, 1.165) is 10.4 Å². The number of thiophene rings is 1. The molecule has 2 heterocycles. The molecule has 5 nitrogen and oxygen atoms in total. The van der Waals surface area contributed by atoms with Gasteiger partial charge < -0.3 is 9.84 Å². The lowest BCUT2D eigenvalue weighted by Gasteiger charge is -2.25. The molecule has 0 bridgehead atoms. The second kappa shape index (κ2) is 7.97. The zero-order chi connectivity index (χ0) is 21.4. The molecular weight excluding hydrogens is 422 g/mol. The number of Topliss-reactive ketones (excluding diaryl/α,β-unsaturated/α-hetero) is 1. The number of nitrogens with zero attached hydrogens (tertiary/aromatic N) is 1. The summed E-state index contributed by atoms with van der Waals surface area (Å²) >= 11 is 7.59. The van der Waals surface area contributed by atoms with Crippen LogP contribution >= 0.6 is 22.9 Å². The standard InChI is InChI=1S/C23H18ClNO4S/c1-13-5-8-15(24)12-17(13)25-20(18-4-3-11-30-18)19(22(27)23(25)28)21(26)14-6-9-16(29-2)10-7-14/h3-12,20,26H,1-2H3/b21-19-. The van der Waals surface area contributed by atoms with Crippen molar-refractivity contribution >= 4 is 46.1 Å². The summed E-state index contributed by atoms with van der Waals surface area (Å²) in [5.74, 6) is -1.04. The fraction of sp³-hybridized carbons (Fsp3) is 0.130. The molecule has 1 aliphatic heterocycles. The molecule has 1 atom stereocenters. The number of halogens is 1. The quantitative estimate of drug-likeness (QED) is 0.338. The average Bonchev–Trinajstić information content (AvgIpc) is 3.37. The van der Waals surface area contributed by atoms with Gasteiger partial charge in [0.15, 0.2) is 0 Å². The predicted molar refractivity (Wildman–Crippen MR) is 118 cm³/mol. The largest absolute Gasteiger partial charge is 0.507 e. The molecule has 1 aromatic heterocycles. The molecular formula is C23H18ClNO4S. The maximum atomic E-state index is 13.1. The van der Waals surface area contributed by atoms with Crippen molar-refractivity contribution in [3.05, 3.63) is 86.6 Å². The Labute approximate surface area is 182 Å². The van der Waals surface area contributed by atoms with E-state index in [9.17, 15) is 14.7 Å². The zero-order valence-electron chi connectivity index (χ0n) is 16.3. The minimum atomic E-state index is -0.746.